The zero-order chi connectivity index (χ0) is 28.6. The molecule has 41 heavy (non-hydrogen) atoms. The molecule has 0 aliphatic carbocycles. The van der Waals surface area contributed by atoms with Crippen molar-refractivity contribution in [2.45, 2.75) is 37.9 Å². The van der Waals surface area contributed by atoms with Gasteiger partial charge in [0.25, 0.3) is 5.91 Å². The summed E-state index contributed by atoms with van der Waals surface area (Å²) in [6.45, 7) is 2.22. The van der Waals surface area contributed by atoms with Crippen molar-refractivity contribution in [1.29, 1.82) is 0 Å². The molecule has 5 N–H and O–H groups in total. The molecule has 2 atom stereocenters. The predicted octanol–water partition coefficient (Wildman–Crippen LogP) is 3.80. The van der Waals surface area contributed by atoms with Gasteiger partial charge in [0.05, 0.1) is 6.04 Å². The first-order valence-electron chi connectivity index (χ1n) is 14.3. The van der Waals surface area contributed by atoms with Crippen LogP contribution in [0.15, 0.2) is 89.9 Å². The van der Waals surface area contributed by atoms with Crippen molar-refractivity contribution in [3.8, 4) is 0 Å². The monoisotopic (exact) mass is 550 g/mol. The number of nitrogens with one attached hydrogen (secondary N) is 3. The first-order valence-corrected chi connectivity index (χ1v) is 14.3. The molecule has 0 bridgehead atoms. The van der Waals surface area contributed by atoms with Gasteiger partial charge in [0, 0.05) is 44.8 Å². The molecule has 1 fully saturated rings. The standard InChI is InChI=1S/C33H38N6O2/c1-35-33(34)36-17-6-11-30-32(41)39(22-23-12-13-24-7-2-4-9-26(24)19-23)18-16-29(38-30)21-37-31(40)28-15-14-25-8-3-5-10-27(25)20-28/h2-5,7-10,12-15,19-20,29-30,38H,6,11,16-18,21-22H2,1H3,(H,37,40)(H3,34,35,36). The Hall–Kier alpha value is -4.43. The number of nitrogens with two attached hydrogens (primary N) is 1. The zero-order valence-electron chi connectivity index (χ0n) is 23.5. The number of hydrogen-bond acceptors (Lipinski definition) is 4. The predicted molar refractivity (Wildman–Crippen MR) is 166 cm³/mol. The van der Waals surface area contributed by atoms with E-state index in [0.717, 1.165) is 34.6 Å². The Morgan fingerprint density at radius 3 is 2.37 bits per heavy atom. The number of carbonyl (C=O) groups excluding carboxylic acids is 2. The van der Waals surface area contributed by atoms with E-state index >= 15 is 0 Å². The molecule has 5 rings (SSSR count). The van der Waals surface area contributed by atoms with Crippen LogP contribution in [0.3, 0.4) is 0 Å². The first-order chi connectivity index (χ1) is 20.0. The molecule has 0 saturated carbocycles. The van der Waals surface area contributed by atoms with Gasteiger partial charge in [-0.2, -0.15) is 0 Å². The summed E-state index contributed by atoms with van der Waals surface area (Å²) in [6.07, 6.45) is 2.13. The van der Waals surface area contributed by atoms with Crippen molar-refractivity contribution in [2.24, 2.45) is 10.7 Å². The molecule has 4 aromatic rings. The van der Waals surface area contributed by atoms with E-state index in [1.54, 1.807) is 7.05 Å². The van der Waals surface area contributed by atoms with E-state index in [0.29, 0.717) is 44.1 Å². The van der Waals surface area contributed by atoms with Gasteiger partial charge >= 0.3 is 0 Å². The van der Waals surface area contributed by atoms with Crippen molar-refractivity contribution in [1.82, 2.24) is 20.9 Å². The first kappa shape index (κ1) is 28.1. The number of rotatable bonds is 9. The van der Waals surface area contributed by atoms with Crippen LogP contribution in [0.2, 0.25) is 0 Å². The minimum atomic E-state index is -0.359. The Bertz CT molecular complexity index is 1550. The number of guanidine groups is 1. The molecule has 2 amide bonds. The summed E-state index contributed by atoms with van der Waals surface area (Å²) in [7, 11) is 1.64. The van der Waals surface area contributed by atoms with E-state index in [1.807, 2.05) is 59.5 Å². The number of carbonyl (C=O) groups is 2. The number of benzene rings is 4. The fourth-order valence-corrected chi connectivity index (χ4v) is 5.41. The molecular weight excluding hydrogens is 512 g/mol. The Balaban J connectivity index is 1.26. The quantitative estimate of drug-likeness (QED) is 0.144. The van der Waals surface area contributed by atoms with Crippen LogP contribution in [0.25, 0.3) is 21.5 Å². The van der Waals surface area contributed by atoms with Crippen molar-refractivity contribution < 1.29 is 9.59 Å². The molecule has 4 aromatic carbocycles. The van der Waals surface area contributed by atoms with Gasteiger partial charge in [0.1, 0.15) is 0 Å². The molecule has 212 valence electrons. The van der Waals surface area contributed by atoms with Gasteiger partial charge < -0.3 is 26.6 Å². The third-order valence-corrected chi connectivity index (χ3v) is 7.72. The highest BCUT2D eigenvalue weighted by Gasteiger charge is 2.30. The number of hydrogen-bond donors (Lipinski definition) is 4. The molecular formula is C33H38N6O2. The lowest BCUT2D eigenvalue weighted by atomic mass is 10.1. The van der Waals surface area contributed by atoms with Crippen LogP contribution in [0.1, 0.15) is 35.2 Å². The smallest absolute Gasteiger partial charge is 0.251 e. The minimum Gasteiger partial charge on any atom is -0.370 e. The molecule has 1 aliphatic heterocycles. The zero-order valence-corrected chi connectivity index (χ0v) is 23.5. The number of fused-ring (bicyclic) bond motifs is 2. The molecule has 2 unspecified atom stereocenters. The second-order valence-corrected chi connectivity index (χ2v) is 10.6. The summed E-state index contributed by atoms with van der Waals surface area (Å²) < 4.78 is 0. The molecule has 0 radical (unpaired) electrons. The van der Waals surface area contributed by atoms with Gasteiger partial charge in [-0.05, 0) is 64.6 Å². The van der Waals surface area contributed by atoms with Gasteiger partial charge in [-0.3, -0.25) is 14.6 Å². The average Bonchev–Trinajstić information content (AvgIpc) is 3.15. The Morgan fingerprint density at radius 1 is 0.951 bits per heavy atom. The maximum atomic E-state index is 13.7. The van der Waals surface area contributed by atoms with Crippen molar-refractivity contribution >= 4 is 39.3 Å². The summed E-state index contributed by atoms with van der Waals surface area (Å²) in [5, 5.41) is 14.2. The van der Waals surface area contributed by atoms with Crippen LogP contribution in [0, 0.1) is 0 Å². The lowest BCUT2D eigenvalue weighted by Crippen LogP contribution is -2.49. The SMILES string of the molecule is CN=C(N)NCCCC1NC(CNC(=O)c2ccc3ccccc3c2)CCN(Cc2ccc3ccccc3c2)C1=O. The highest BCUT2D eigenvalue weighted by atomic mass is 16.2. The molecule has 0 aromatic heterocycles. The molecule has 0 spiro atoms. The van der Waals surface area contributed by atoms with Gasteiger partial charge in [-0.25, -0.2) is 0 Å². The average molecular weight is 551 g/mol. The lowest BCUT2D eigenvalue weighted by molar-refractivity contribution is -0.133. The molecule has 1 heterocycles. The summed E-state index contributed by atoms with van der Waals surface area (Å²) in [5.74, 6) is 0.354. The number of aliphatic imine (C=N–C) groups is 1. The van der Waals surface area contributed by atoms with Crippen LogP contribution < -0.4 is 21.7 Å². The van der Waals surface area contributed by atoms with Gasteiger partial charge in [-0.1, -0.05) is 66.7 Å². The summed E-state index contributed by atoms with van der Waals surface area (Å²) in [4.78, 5) is 32.6. The van der Waals surface area contributed by atoms with Gasteiger partial charge in [-0.15, -0.1) is 0 Å². The lowest BCUT2D eigenvalue weighted by Gasteiger charge is -2.25. The van der Waals surface area contributed by atoms with Gasteiger partial charge in [0.15, 0.2) is 5.96 Å². The van der Waals surface area contributed by atoms with Crippen molar-refractivity contribution in [2.75, 3.05) is 26.7 Å². The number of amides is 2. The second-order valence-electron chi connectivity index (χ2n) is 10.6. The van der Waals surface area contributed by atoms with Crippen molar-refractivity contribution in [3.63, 3.8) is 0 Å². The van der Waals surface area contributed by atoms with Crippen LogP contribution in [0.4, 0.5) is 0 Å². The number of nitrogens with zero attached hydrogens (tertiary/aromatic N) is 2. The summed E-state index contributed by atoms with van der Waals surface area (Å²) >= 11 is 0. The highest BCUT2D eigenvalue weighted by Crippen LogP contribution is 2.20. The molecule has 1 aliphatic rings. The van der Waals surface area contributed by atoms with Crippen molar-refractivity contribution in [3.05, 3.63) is 96.1 Å². The third-order valence-electron chi connectivity index (χ3n) is 7.72. The second kappa shape index (κ2) is 13.3. The topological polar surface area (TPSA) is 112 Å². The Labute approximate surface area is 241 Å². The fourth-order valence-electron chi connectivity index (χ4n) is 5.41. The molecule has 8 heteroatoms. The fraction of sp³-hybridized carbons (Fsp3) is 0.303. The maximum Gasteiger partial charge on any atom is 0.251 e. The summed E-state index contributed by atoms with van der Waals surface area (Å²) in [6, 6.07) is 28.0. The Kier molecular flexibility index (Phi) is 9.11. The van der Waals surface area contributed by atoms with E-state index in [9.17, 15) is 9.59 Å². The third kappa shape index (κ3) is 7.21. The van der Waals surface area contributed by atoms with Crippen LogP contribution in [-0.4, -0.2) is 61.4 Å². The van der Waals surface area contributed by atoms with E-state index in [1.165, 1.54) is 5.39 Å². The Morgan fingerprint density at radius 2 is 1.63 bits per heavy atom. The largest absolute Gasteiger partial charge is 0.370 e. The van der Waals surface area contributed by atoms with E-state index in [2.05, 4.69) is 51.3 Å². The molecule has 8 nitrogen and oxygen atoms in total. The van der Waals surface area contributed by atoms with Crippen LogP contribution >= 0.6 is 0 Å². The highest BCUT2D eigenvalue weighted by molar-refractivity contribution is 5.98. The maximum absolute atomic E-state index is 13.7. The molecule has 1 saturated heterocycles. The normalized spacial score (nSPS) is 17.9. The summed E-state index contributed by atoms with van der Waals surface area (Å²) in [5.41, 5.74) is 7.50. The van der Waals surface area contributed by atoms with Gasteiger partial charge in [0.2, 0.25) is 5.91 Å². The van der Waals surface area contributed by atoms with E-state index in [-0.39, 0.29) is 23.9 Å². The van der Waals surface area contributed by atoms with E-state index in [4.69, 9.17) is 5.73 Å². The van der Waals surface area contributed by atoms with Crippen LogP contribution in [0.5, 0.6) is 0 Å². The minimum absolute atomic E-state index is 0.0369. The van der Waals surface area contributed by atoms with Crippen LogP contribution in [-0.2, 0) is 11.3 Å². The van der Waals surface area contributed by atoms with E-state index < -0.39 is 0 Å².